The largest absolute Gasteiger partial charge is 0.300 e. The maximum absolute atomic E-state index is 12.4. The van der Waals surface area contributed by atoms with Crippen LogP contribution in [0.25, 0.3) is 11.4 Å². The van der Waals surface area contributed by atoms with Crippen LogP contribution in [0.5, 0.6) is 0 Å². The van der Waals surface area contributed by atoms with Crippen molar-refractivity contribution >= 4 is 34.6 Å². The molecule has 0 radical (unpaired) electrons. The Labute approximate surface area is 154 Å². The molecule has 1 aromatic carbocycles. The lowest BCUT2D eigenvalue weighted by Gasteiger charge is -2.07. The Morgan fingerprint density at radius 1 is 1.44 bits per heavy atom. The average molecular weight is 374 g/mol. The molecule has 0 fully saturated rings. The van der Waals surface area contributed by atoms with Crippen molar-refractivity contribution in [3.63, 3.8) is 0 Å². The molecular weight excluding hydrogens is 354 g/mol. The van der Waals surface area contributed by atoms with Crippen LogP contribution < -0.4 is 5.32 Å². The second-order valence-electron chi connectivity index (χ2n) is 6.09. The molecule has 0 unspecified atom stereocenters. The smallest absolute Gasteiger partial charge is 0.246 e. The van der Waals surface area contributed by atoms with Crippen molar-refractivity contribution in [2.24, 2.45) is 0 Å². The molecule has 0 spiro atoms. The number of aromatic nitrogens is 4. The second-order valence-corrected chi connectivity index (χ2v) is 7.33. The number of rotatable bonds is 5. The highest BCUT2D eigenvalue weighted by molar-refractivity contribution is 7.71. The molecule has 1 amide bonds. The van der Waals surface area contributed by atoms with E-state index in [1.54, 1.807) is 4.57 Å². The van der Waals surface area contributed by atoms with Crippen molar-refractivity contribution < 1.29 is 4.79 Å². The third kappa shape index (κ3) is 4.02. The van der Waals surface area contributed by atoms with Crippen LogP contribution >= 0.6 is 23.6 Å². The summed E-state index contributed by atoms with van der Waals surface area (Å²) in [5.41, 5.74) is 3.00. The molecule has 0 aliphatic rings. The Balaban J connectivity index is 1.79. The van der Waals surface area contributed by atoms with Crippen LogP contribution in [0.1, 0.15) is 31.0 Å². The van der Waals surface area contributed by atoms with Crippen molar-refractivity contribution in [1.29, 1.82) is 0 Å². The number of aromatic amines is 1. The lowest BCUT2D eigenvalue weighted by atomic mass is 10.1. The normalized spacial score (nSPS) is 11.0. The topological polar surface area (TPSA) is 75.6 Å². The number of amides is 1. The van der Waals surface area contributed by atoms with Gasteiger partial charge in [0, 0.05) is 10.9 Å². The van der Waals surface area contributed by atoms with Crippen molar-refractivity contribution in [2.75, 3.05) is 5.32 Å². The molecule has 8 heteroatoms. The highest BCUT2D eigenvalue weighted by atomic mass is 32.1. The van der Waals surface area contributed by atoms with E-state index >= 15 is 0 Å². The van der Waals surface area contributed by atoms with E-state index < -0.39 is 0 Å². The number of benzene rings is 1. The number of nitrogens with zero attached hydrogens (tertiary/aromatic N) is 3. The summed E-state index contributed by atoms with van der Waals surface area (Å²) in [6, 6.07) is 7.92. The van der Waals surface area contributed by atoms with Crippen LogP contribution in [-0.2, 0) is 11.3 Å². The van der Waals surface area contributed by atoms with Gasteiger partial charge in [-0.05, 0) is 31.1 Å². The van der Waals surface area contributed by atoms with Crippen molar-refractivity contribution in [3.8, 4) is 11.4 Å². The quantitative estimate of drug-likeness (QED) is 0.659. The first kappa shape index (κ1) is 17.5. The molecule has 3 aromatic rings. The maximum atomic E-state index is 12.4. The fraction of sp³-hybridized carbons (Fsp3) is 0.294. The lowest BCUT2D eigenvalue weighted by molar-refractivity contribution is -0.116. The Bertz CT molecular complexity index is 954. The summed E-state index contributed by atoms with van der Waals surface area (Å²) in [6.45, 7) is 6.23. The molecule has 2 aromatic heterocycles. The van der Waals surface area contributed by atoms with Gasteiger partial charge in [-0.3, -0.25) is 14.5 Å². The molecule has 0 aliphatic heterocycles. The van der Waals surface area contributed by atoms with Gasteiger partial charge in [-0.15, -0.1) is 11.3 Å². The van der Waals surface area contributed by atoms with Crippen LogP contribution in [0.4, 0.5) is 5.13 Å². The number of nitrogens with one attached hydrogen (secondary N) is 2. The molecule has 0 aliphatic carbocycles. The molecule has 0 bridgehead atoms. The summed E-state index contributed by atoms with van der Waals surface area (Å²) in [5, 5.41) is 12.4. The first-order valence-corrected chi connectivity index (χ1v) is 9.20. The van der Waals surface area contributed by atoms with E-state index in [4.69, 9.17) is 12.2 Å². The first-order valence-electron chi connectivity index (χ1n) is 7.91. The van der Waals surface area contributed by atoms with E-state index in [1.807, 2.05) is 36.6 Å². The van der Waals surface area contributed by atoms with Crippen LogP contribution in [0, 0.1) is 11.7 Å². The predicted octanol–water partition coefficient (Wildman–Crippen LogP) is 4.13. The summed E-state index contributed by atoms with van der Waals surface area (Å²) in [6.07, 6.45) is 0. The number of anilines is 1. The fourth-order valence-electron chi connectivity index (χ4n) is 2.38. The van der Waals surface area contributed by atoms with Crippen molar-refractivity contribution in [1.82, 2.24) is 19.7 Å². The number of carbonyl (C=O) groups is 1. The molecule has 25 heavy (non-hydrogen) atoms. The molecule has 2 N–H and O–H groups in total. The number of hydrogen-bond donors (Lipinski definition) is 2. The van der Waals surface area contributed by atoms with Crippen LogP contribution in [-0.4, -0.2) is 25.7 Å². The lowest BCUT2D eigenvalue weighted by Crippen LogP contribution is -2.19. The molecule has 130 valence electrons. The van der Waals surface area contributed by atoms with E-state index in [-0.39, 0.29) is 12.5 Å². The van der Waals surface area contributed by atoms with Gasteiger partial charge < -0.3 is 5.32 Å². The van der Waals surface area contributed by atoms with Gasteiger partial charge in [0.05, 0.1) is 5.69 Å². The Morgan fingerprint density at radius 2 is 2.24 bits per heavy atom. The highest BCUT2D eigenvalue weighted by Crippen LogP contribution is 2.22. The van der Waals surface area contributed by atoms with Gasteiger partial charge in [0.25, 0.3) is 0 Å². The van der Waals surface area contributed by atoms with Gasteiger partial charge in [0.2, 0.25) is 5.91 Å². The monoisotopic (exact) mass is 373 g/mol. The third-order valence-corrected chi connectivity index (χ3v) is 4.78. The van der Waals surface area contributed by atoms with Gasteiger partial charge >= 0.3 is 0 Å². The molecule has 0 atom stereocenters. The van der Waals surface area contributed by atoms with E-state index in [1.165, 1.54) is 11.3 Å². The molecule has 2 heterocycles. The summed E-state index contributed by atoms with van der Waals surface area (Å²) in [5.74, 6) is 0.791. The minimum Gasteiger partial charge on any atom is -0.300 e. The average Bonchev–Trinajstić information content (AvgIpc) is 3.15. The fourth-order valence-corrected chi connectivity index (χ4v) is 3.46. The number of aryl methyl sites for hydroxylation is 1. The van der Waals surface area contributed by atoms with Gasteiger partial charge in [-0.1, -0.05) is 37.6 Å². The summed E-state index contributed by atoms with van der Waals surface area (Å²) >= 11 is 6.70. The molecular formula is C17H19N5OS2. The molecule has 0 saturated heterocycles. The predicted molar refractivity (Wildman–Crippen MR) is 102 cm³/mol. The number of carbonyl (C=O) groups excluding carboxylic acids is 1. The Kier molecular flexibility index (Phi) is 5.10. The van der Waals surface area contributed by atoms with Gasteiger partial charge in [-0.25, -0.2) is 4.98 Å². The van der Waals surface area contributed by atoms with Crippen LogP contribution in [0.2, 0.25) is 0 Å². The maximum Gasteiger partial charge on any atom is 0.246 e. The van der Waals surface area contributed by atoms with Crippen molar-refractivity contribution in [3.05, 3.63) is 45.7 Å². The Morgan fingerprint density at radius 3 is 2.92 bits per heavy atom. The Hall–Kier alpha value is -2.32. The van der Waals surface area contributed by atoms with E-state index in [9.17, 15) is 4.79 Å². The van der Waals surface area contributed by atoms with Crippen LogP contribution in [0.3, 0.4) is 0 Å². The van der Waals surface area contributed by atoms with Gasteiger partial charge in [-0.2, -0.15) is 5.10 Å². The van der Waals surface area contributed by atoms with E-state index in [0.29, 0.717) is 21.6 Å². The molecule has 6 nitrogen and oxygen atoms in total. The zero-order valence-electron chi connectivity index (χ0n) is 14.2. The minimum absolute atomic E-state index is 0.0786. The summed E-state index contributed by atoms with van der Waals surface area (Å²) in [7, 11) is 0. The summed E-state index contributed by atoms with van der Waals surface area (Å²) < 4.78 is 2.10. The van der Waals surface area contributed by atoms with Crippen molar-refractivity contribution in [2.45, 2.75) is 33.2 Å². The standard InChI is InChI=1S/C17H19N5OS2/c1-10(2)13-9-25-16(18-13)19-14(23)8-22-15(20-21-17(22)24)12-6-4-5-11(3)7-12/h4-7,9-10H,8H2,1-3H3,(H,21,24)(H,18,19,23). The number of hydrogen-bond acceptors (Lipinski definition) is 5. The van der Waals surface area contributed by atoms with Gasteiger partial charge in [0.1, 0.15) is 6.54 Å². The summed E-state index contributed by atoms with van der Waals surface area (Å²) in [4.78, 5) is 16.8. The van der Waals surface area contributed by atoms with Gasteiger partial charge in [0.15, 0.2) is 15.7 Å². The number of H-pyrrole nitrogens is 1. The number of thiazole rings is 1. The third-order valence-electron chi connectivity index (χ3n) is 3.70. The van der Waals surface area contributed by atoms with Crippen LogP contribution in [0.15, 0.2) is 29.6 Å². The van der Waals surface area contributed by atoms with E-state index in [2.05, 4.69) is 34.3 Å². The zero-order chi connectivity index (χ0) is 18.0. The molecule has 0 saturated carbocycles. The highest BCUT2D eigenvalue weighted by Gasteiger charge is 2.14. The zero-order valence-corrected chi connectivity index (χ0v) is 15.9. The second kappa shape index (κ2) is 7.28. The SMILES string of the molecule is Cc1cccc(-c2n[nH]c(=S)n2CC(=O)Nc2nc(C(C)C)cs2)c1. The van der Waals surface area contributed by atoms with E-state index in [0.717, 1.165) is 16.8 Å². The first-order chi connectivity index (χ1) is 11.9. The minimum atomic E-state index is -0.184. The molecule has 3 rings (SSSR count).